The van der Waals surface area contributed by atoms with Crippen LogP contribution in [-0.4, -0.2) is 29.6 Å². The number of aryl methyl sites for hydroxylation is 2. The average Bonchev–Trinajstić information content (AvgIpc) is 2.90. The third-order valence-corrected chi connectivity index (χ3v) is 7.38. The van der Waals surface area contributed by atoms with E-state index in [1.165, 1.54) is 4.31 Å². The Hall–Kier alpha value is -1.96. The van der Waals surface area contributed by atoms with Crippen LogP contribution >= 0.6 is 15.9 Å². The van der Waals surface area contributed by atoms with Gasteiger partial charge in [-0.1, -0.05) is 24.3 Å². The maximum absolute atomic E-state index is 13.0. The summed E-state index contributed by atoms with van der Waals surface area (Å²) in [5, 5.41) is 4.60. The van der Waals surface area contributed by atoms with Gasteiger partial charge in [0, 0.05) is 29.3 Å². The zero-order valence-electron chi connectivity index (χ0n) is 15.8. The number of halogens is 1. The maximum atomic E-state index is 13.0. The summed E-state index contributed by atoms with van der Waals surface area (Å²) in [5.74, 6) is 0. The summed E-state index contributed by atoms with van der Waals surface area (Å²) < 4.78 is 29.9. The Kier molecular flexibility index (Phi) is 5.55. The fraction of sp³-hybridized carbons (Fsp3) is 0.250. The zero-order valence-corrected chi connectivity index (χ0v) is 18.2. The van der Waals surface area contributed by atoms with Gasteiger partial charge in [0.2, 0.25) is 10.0 Å². The quantitative estimate of drug-likeness (QED) is 0.582. The van der Waals surface area contributed by atoms with E-state index < -0.39 is 10.0 Å². The monoisotopic (exact) mass is 447 g/mol. The summed E-state index contributed by atoms with van der Waals surface area (Å²) in [4.78, 5) is 0.265. The minimum Gasteiger partial charge on any atom is -0.238 e. The third kappa shape index (κ3) is 3.85. The summed E-state index contributed by atoms with van der Waals surface area (Å²) in [5.41, 5.74) is 4.62. The molecule has 1 aromatic heterocycles. The van der Waals surface area contributed by atoms with E-state index in [9.17, 15) is 8.42 Å². The second kappa shape index (κ2) is 7.58. The first-order valence-electron chi connectivity index (χ1n) is 8.55. The largest absolute Gasteiger partial charge is 0.244 e. The third-order valence-electron chi connectivity index (χ3n) is 4.60. The van der Waals surface area contributed by atoms with Gasteiger partial charge in [-0.2, -0.15) is 9.40 Å². The second-order valence-corrected chi connectivity index (χ2v) is 9.46. The molecule has 7 heteroatoms. The van der Waals surface area contributed by atoms with Crippen molar-refractivity contribution in [3.05, 3.63) is 75.5 Å². The van der Waals surface area contributed by atoms with Crippen molar-refractivity contribution in [1.29, 1.82) is 0 Å². The van der Waals surface area contributed by atoms with E-state index >= 15 is 0 Å². The number of benzene rings is 2. The van der Waals surface area contributed by atoms with Crippen LogP contribution in [0.5, 0.6) is 0 Å². The maximum Gasteiger partial charge on any atom is 0.244 e. The first-order chi connectivity index (χ1) is 12.7. The Bertz CT molecular complexity index is 1080. The van der Waals surface area contributed by atoms with Crippen LogP contribution in [0.4, 0.5) is 0 Å². The average molecular weight is 448 g/mol. The molecule has 0 saturated carbocycles. The van der Waals surface area contributed by atoms with Crippen LogP contribution in [0.3, 0.4) is 0 Å². The normalized spacial score (nSPS) is 11.9. The Morgan fingerprint density at radius 1 is 1.07 bits per heavy atom. The molecule has 1 heterocycles. The molecule has 0 saturated heterocycles. The molecule has 0 bridgehead atoms. The van der Waals surface area contributed by atoms with Crippen LogP contribution in [-0.2, 0) is 16.6 Å². The highest BCUT2D eigenvalue weighted by Crippen LogP contribution is 2.27. The summed E-state index contributed by atoms with van der Waals surface area (Å²) in [6.45, 7) is 6.05. The molecular formula is C20H22BrN3O2S. The summed E-state index contributed by atoms with van der Waals surface area (Å²) in [6.07, 6.45) is 0. The lowest BCUT2D eigenvalue weighted by molar-refractivity contribution is 0.464. The first-order valence-corrected chi connectivity index (χ1v) is 10.8. The van der Waals surface area contributed by atoms with Crippen LogP contribution in [0.15, 0.2) is 57.9 Å². The number of nitrogens with zero attached hydrogens (tertiary/aromatic N) is 3. The van der Waals surface area contributed by atoms with Crippen molar-refractivity contribution in [2.45, 2.75) is 32.2 Å². The van der Waals surface area contributed by atoms with E-state index in [1.54, 1.807) is 19.2 Å². The van der Waals surface area contributed by atoms with Crippen LogP contribution in [0, 0.1) is 20.8 Å². The Balaban J connectivity index is 1.94. The smallest absolute Gasteiger partial charge is 0.238 e. The summed E-state index contributed by atoms with van der Waals surface area (Å²) in [7, 11) is -2.03. The molecule has 0 N–H and O–H groups in total. The summed E-state index contributed by atoms with van der Waals surface area (Å²) in [6, 6.07) is 15.1. The van der Waals surface area contributed by atoms with E-state index in [2.05, 4.69) is 21.0 Å². The Morgan fingerprint density at radius 3 is 2.37 bits per heavy atom. The molecule has 3 rings (SSSR count). The van der Waals surface area contributed by atoms with Crippen LogP contribution in [0.2, 0.25) is 0 Å². The number of rotatable bonds is 5. The highest BCUT2D eigenvalue weighted by atomic mass is 79.9. The molecule has 27 heavy (non-hydrogen) atoms. The number of hydrogen-bond donors (Lipinski definition) is 0. The molecule has 0 amide bonds. The van der Waals surface area contributed by atoms with Crippen molar-refractivity contribution in [1.82, 2.24) is 14.1 Å². The standard InChI is InChI=1S/C20H22BrN3O2S/c1-14-10-11-20(19(21)12-14)27(25,26)23(4)13-18-15(2)22-24(16(18)3)17-8-6-5-7-9-17/h5-12H,13H2,1-4H3. The molecule has 5 nitrogen and oxygen atoms in total. The van der Waals surface area contributed by atoms with Crippen LogP contribution < -0.4 is 0 Å². The number of hydrogen-bond acceptors (Lipinski definition) is 3. The fourth-order valence-electron chi connectivity index (χ4n) is 3.02. The molecule has 0 aliphatic rings. The molecule has 2 aromatic carbocycles. The van der Waals surface area contributed by atoms with Crippen LogP contribution in [0.1, 0.15) is 22.5 Å². The van der Waals surface area contributed by atoms with Gasteiger partial charge in [0.05, 0.1) is 16.3 Å². The molecule has 0 aliphatic carbocycles. The molecule has 0 radical (unpaired) electrons. The van der Waals surface area contributed by atoms with Gasteiger partial charge in [-0.25, -0.2) is 13.1 Å². The Labute approximate surface area is 168 Å². The van der Waals surface area contributed by atoms with E-state index in [4.69, 9.17) is 0 Å². The van der Waals surface area contributed by atoms with E-state index in [1.807, 2.05) is 61.9 Å². The first kappa shape index (κ1) is 19.8. The molecule has 0 unspecified atom stereocenters. The van der Waals surface area contributed by atoms with Crippen molar-refractivity contribution in [2.75, 3.05) is 7.05 Å². The molecule has 0 aliphatic heterocycles. The van der Waals surface area contributed by atoms with Crippen molar-refractivity contribution < 1.29 is 8.42 Å². The number of aromatic nitrogens is 2. The zero-order chi connectivity index (χ0) is 19.8. The molecule has 142 valence electrons. The van der Waals surface area contributed by atoms with Gasteiger partial charge in [-0.15, -0.1) is 0 Å². The highest BCUT2D eigenvalue weighted by Gasteiger charge is 2.25. The van der Waals surface area contributed by atoms with Gasteiger partial charge in [-0.3, -0.25) is 0 Å². The van der Waals surface area contributed by atoms with E-state index in [0.717, 1.165) is 28.2 Å². The van der Waals surface area contributed by atoms with Gasteiger partial charge in [-0.05, 0) is 66.5 Å². The van der Waals surface area contributed by atoms with E-state index in [0.29, 0.717) is 4.47 Å². The summed E-state index contributed by atoms with van der Waals surface area (Å²) >= 11 is 3.38. The van der Waals surface area contributed by atoms with E-state index in [-0.39, 0.29) is 11.4 Å². The van der Waals surface area contributed by atoms with Gasteiger partial charge >= 0.3 is 0 Å². The number of sulfonamides is 1. The molecule has 0 fully saturated rings. The molecule has 3 aromatic rings. The lowest BCUT2D eigenvalue weighted by Crippen LogP contribution is -2.27. The predicted octanol–water partition coefficient (Wildman–Crippen LogP) is 4.38. The van der Waals surface area contributed by atoms with Crippen molar-refractivity contribution in [3.8, 4) is 5.69 Å². The van der Waals surface area contributed by atoms with Crippen LogP contribution in [0.25, 0.3) is 5.69 Å². The minimum atomic E-state index is -3.62. The number of para-hydroxylation sites is 1. The Morgan fingerprint density at radius 2 is 1.74 bits per heavy atom. The highest BCUT2D eigenvalue weighted by molar-refractivity contribution is 9.10. The van der Waals surface area contributed by atoms with Crippen molar-refractivity contribution in [2.24, 2.45) is 0 Å². The lowest BCUT2D eigenvalue weighted by atomic mass is 10.2. The molecular weight excluding hydrogens is 426 g/mol. The topological polar surface area (TPSA) is 55.2 Å². The predicted molar refractivity (Wildman–Crippen MR) is 111 cm³/mol. The second-order valence-electron chi connectivity index (χ2n) is 6.59. The van der Waals surface area contributed by atoms with Gasteiger partial charge in [0.25, 0.3) is 0 Å². The fourth-order valence-corrected chi connectivity index (χ4v) is 5.30. The van der Waals surface area contributed by atoms with Gasteiger partial charge in [0.1, 0.15) is 0 Å². The van der Waals surface area contributed by atoms with Crippen molar-refractivity contribution >= 4 is 26.0 Å². The molecule has 0 atom stereocenters. The molecule has 0 spiro atoms. The minimum absolute atomic E-state index is 0.257. The van der Waals surface area contributed by atoms with Gasteiger partial charge in [0.15, 0.2) is 0 Å². The van der Waals surface area contributed by atoms with Crippen molar-refractivity contribution in [3.63, 3.8) is 0 Å². The van der Waals surface area contributed by atoms with Gasteiger partial charge < -0.3 is 0 Å². The lowest BCUT2D eigenvalue weighted by Gasteiger charge is -2.18. The SMILES string of the molecule is Cc1ccc(S(=O)(=O)N(C)Cc2c(C)nn(-c3ccccc3)c2C)c(Br)c1.